The van der Waals surface area contributed by atoms with Gasteiger partial charge in [0.1, 0.15) is 5.70 Å². The van der Waals surface area contributed by atoms with E-state index in [9.17, 15) is 9.59 Å². The van der Waals surface area contributed by atoms with Gasteiger partial charge in [-0.3, -0.25) is 9.59 Å². The van der Waals surface area contributed by atoms with E-state index in [2.05, 4.69) is 0 Å². The second-order valence-corrected chi connectivity index (χ2v) is 6.97. The van der Waals surface area contributed by atoms with Crippen molar-refractivity contribution in [1.82, 2.24) is 4.90 Å². The molecule has 0 N–H and O–H groups in total. The van der Waals surface area contributed by atoms with Gasteiger partial charge in [-0.05, 0) is 54.8 Å². The highest BCUT2D eigenvalue weighted by Crippen LogP contribution is 2.36. The summed E-state index contributed by atoms with van der Waals surface area (Å²) in [5.74, 6) is -0.675. The Morgan fingerprint density at radius 3 is 2.11 bits per heavy atom. The normalized spacial score (nSPS) is 17.0. The van der Waals surface area contributed by atoms with E-state index in [0.717, 1.165) is 25.9 Å². The van der Waals surface area contributed by atoms with E-state index >= 15 is 0 Å². The fraction of sp³-hybridized carbons (Fsp3) is 0.190. The molecule has 2 aliphatic rings. The van der Waals surface area contributed by atoms with Gasteiger partial charge in [0.15, 0.2) is 0 Å². The second-order valence-electron chi connectivity index (χ2n) is 6.53. The molecule has 2 heterocycles. The molecule has 2 amide bonds. The van der Waals surface area contributed by atoms with Crippen molar-refractivity contribution in [3.05, 3.63) is 70.4 Å². The Morgan fingerprint density at radius 1 is 0.889 bits per heavy atom. The van der Waals surface area contributed by atoms with Crippen LogP contribution in [-0.2, 0) is 9.59 Å². The monoisotopic (exact) mass is 377 g/mol. The molecule has 0 unspecified atom stereocenters. The number of carbonyl (C=O) groups is 2. The molecule has 0 aromatic heterocycles. The summed E-state index contributed by atoms with van der Waals surface area (Å²) >= 11 is 5.98. The van der Waals surface area contributed by atoms with Crippen molar-refractivity contribution in [3.8, 4) is 6.07 Å². The summed E-state index contributed by atoms with van der Waals surface area (Å²) in [5.41, 5.74) is 2.47. The van der Waals surface area contributed by atoms with Gasteiger partial charge < -0.3 is 4.90 Å². The number of amides is 2. The van der Waals surface area contributed by atoms with Gasteiger partial charge in [-0.15, -0.1) is 0 Å². The van der Waals surface area contributed by atoms with Crippen molar-refractivity contribution in [2.24, 2.45) is 0 Å². The van der Waals surface area contributed by atoms with E-state index in [1.165, 1.54) is 4.90 Å². The molecular weight excluding hydrogens is 362 g/mol. The van der Waals surface area contributed by atoms with E-state index in [0.29, 0.717) is 33.1 Å². The predicted molar refractivity (Wildman–Crippen MR) is 103 cm³/mol. The number of nitrogens with zero attached hydrogens (tertiary/aromatic N) is 3. The number of halogens is 1. The van der Waals surface area contributed by atoms with E-state index in [4.69, 9.17) is 16.9 Å². The van der Waals surface area contributed by atoms with E-state index < -0.39 is 0 Å². The Kier molecular flexibility index (Phi) is 4.43. The molecule has 6 heteroatoms. The molecule has 2 aromatic rings. The topological polar surface area (TPSA) is 64.4 Å². The maximum Gasteiger partial charge on any atom is 0.282 e. The van der Waals surface area contributed by atoms with Crippen LogP contribution in [0.1, 0.15) is 24.0 Å². The minimum atomic E-state index is -0.353. The van der Waals surface area contributed by atoms with E-state index in [1.807, 2.05) is 11.0 Å². The maximum absolute atomic E-state index is 13.2. The Labute approximate surface area is 162 Å². The van der Waals surface area contributed by atoms with Gasteiger partial charge in [0.05, 0.1) is 22.9 Å². The summed E-state index contributed by atoms with van der Waals surface area (Å²) < 4.78 is 0. The van der Waals surface area contributed by atoms with Crippen LogP contribution >= 0.6 is 11.6 Å². The molecule has 5 nitrogen and oxygen atoms in total. The van der Waals surface area contributed by atoms with Crippen LogP contribution < -0.4 is 4.90 Å². The maximum atomic E-state index is 13.2. The van der Waals surface area contributed by atoms with Gasteiger partial charge in [-0.1, -0.05) is 23.7 Å². The molecule has 2 aromatic carbocycles. The molecule has 0 radical (unpaired) electrons. The smallest absolute Gasteiger partial charge is 0.282 e. The lowest BCUT2D eigenvalue weighted by Crippen LogP contribution is -2.34. The predicted octanol–water partition coefficient (Wildman–Crippen LogP) is 3.59. The second kappa shape index (κ2) is 6.90. The molecule has 4 rings (SSSR count). The summed E-state index contributed by atoms with van der Waals surface area (Å²) in [6.45, 7) is 1.51. The van der Waals surface area contributed by atoms with Crippen LogP contribution in [0.25, 0.3) is 5.57 Å². The number of imide groups is 1. The average Bonchev–Trinajstić information content (AvgIpc) is 3.29. The molecule has 2 aliphatic heterocycles. The van der Waals surface area contributed by atoms with Crippen LogP contribution in [0, 0.1) is 11.3 Å². The highest BCUT2D eigenvalue weighted by molar-refractivity contribution is 6.45. The highest BCUT2D eigenvalue weighted by atomic mass is 35.5. The van der Waals surface area contributed by atoms with Crippen LogP contribution in [0.2, 0.25) is 5.02 Å². The number of rotatable bonds is 3. The third kappa shape index (κ3) is 2.98. The molecule has 1 saturated heterocycles. The average molecular weight is 378 g/mol. The molecular formula is C21H16ClN3O2. The Hall–Kier alpha value is -3.10. The van der Waals surface area contributed by atoms with Crippen molar-refractivity contribution in [1.29, 1.82) is 5.26 Å². The molecule has 27 heavy (non-hydrogen) atoms. The first kappa shape index (κ1) is 17.3. The molecule has 134 valence electrons. The number of hydrogen-bond donors (Lipinski definition) is 0. The summed E-state index contributed by atoms with van der Waals surface area (Å²) in [6.07, 6.45) is 1.99. The summed E-state index contributed by atoms with van der Waals surface area (Å²) in [5, 5.41) is 9.55. The van der Waals surface area contributed by atoms with Crippen molar-refractivity contribution < 1.29 is 9.59 Å². The van der Waals surface area contributed by atoms with Gasteiger partial charge in [0.25, 0.3) is 11.8 Å². The molecule has 0 spiro atoms. The molecule has 1 fully saturated rings. The van der Waals surface area contributed by atoms with Crippen LogP contribution in [0.15, 0.2) is 54.2 Å². The lowest BCUT2D eigenvalue weighted by Gasteiger charge is -2.20. The van der Waals surface area contributed by atoms with Crippen LogP contribution in [0.4, 0.5) is 5.69 Å². The fourth-order valence-corrected chi connectivity index (χ4v) is 3.67. The summed E-state index contributed by atoms with van der Waals surface area (Å²) in [6, 6.07) is 15.5. The Morgan fingerprint density at radius 2 is 1.52 bits per heavy atom. The fourth-order valence-electron chi connectivity index (χ4n) is 3.55. The number of carbonyl (C=O) groups excluding carboxylic acids is 2. The van der Waals surface area contributed by atoms with E-state index in [-0.39, 0.29) is 11.8 Å². The minimum Gasteiger partial charge on any atom is -0.366 e. The SMILES string of the molecule is N#Cc1ccc(N2C(=O)C(c3ccc(Cl)cc3)=C(N3CCCC3)C2=O)cc1. The van der Waals surface area contributed by atoms with Gasteiger partial charge in [-0.25, -0.2) is 4.90 Å². The van der Waals surface area contributed by atoms with Gasteiger partial charge in [0, 0.05) is 18.1 Å². The minimum absolute atomic E-state index is 0.323. The number of benzene rings is 2. The Balaban J connectivity index is 1.81. The number of hydrogen-bond acceptors (Lipinski definition) is 4. The van der Waals surface area contributed by atoms with Crippen molar-refractivity contribution >= 4 is 34.7 Å². The lowest BCUT2D eigenvalue weighted by molar-refractivity contribution is -0.120. The van der Waals surface area contributed by atoms with Gasteiger partial charge in [-0.2, -0.15) is 5.26 Å². The zero-order valence-corrected chi connectivity index (χ0v) is 15.2. The number of likely N-dealkylation sites (tertiary alicyclic amines) is 1. The highest BCUT2D eigenvalue weighted by Gasteiger charge is 2.42. The molecule has 0 atom stereocenters. The van der Waals surface area contributed by atoms with Gasteiger partial charge in [0.2, 0.25) is 0 Å². The molecule has 0 bridgehead atoms. The standard InChI is InChI=1S/C21H16ClN3O2/c22-16-7-5-15(6-8-16)18-19(24-11-1-2-12-24)21(27)25(20(18)26)17-9-3-14(13-23)4-10-17/h3-10H,1-2,11-12H2. The number of anilines is 1. The zero-order chi connectivity index (χ0) is 19.0. The number of nitriles is 1. The Bertz CT molecular complexity index is 982. The quantitative estimate of drug-likeness (QED) is 0.767. The van der Waals surface area contributed by atoms with Crippen LogP contribution in [0.3, 0.4) is 0 Å². The molecule has 0 aliphatic carbocycles. The third-order valence-electron chi connectivity index (χ3n) is 4.87. The third-order valence-corrected chi connectivity index (χ3v) is 5.12. The van der Waals surface area contributed by atoms with Gasteiger partial charge >= 0.3 is 0 Å². The van der Waals surface area contributed by atoms with Crippen molar-refractivity contribution in [3.63, 3.8) is 0 Å². The van der Waals surface area contributed by atoms with Crippen LogP contribution in [-0.4, -0.2) is 29.8 Å². The first-order chi connectivity index (χ1) is 13.1. The largest absolute Gasteiger partial charge is 0.366 e. The van der Waals surface area contributed by atoms with Crippen molar-refractivity contribution in [2.75, 3.05) is 18.0 Å². The zero-order valence-electron chi connectivity index (χ0n) is 14.5. The van der Waals surface area contributed by atoms with Crippen LogP contribution in [0.5, 0.6) is 0 Å². The molecule has 0 saturated carbocycles. The van der Waals surface area contributed by atoms with E-state index in [1.54, 1.807) is 48.5 Å². The summed E-state index contributed by atoms with van der Waals surface area (Å²) in [7, 11) is 0. The first-order valence-electron chi connectivity index (χ1n) is 8.74. The first-order valence-corrected chi connectivity index (χ1v) is 9.12. The summed E-state index contributed by atoms with van der Waals surface area (Å²) in [4.78, 5) is 29.7. The van der Waals surface area contributed by atoms with Crippen molar-refractivity contribution in [2.45, 2.75) is 12.8 Å². The lowest BCUT2D eigenvalue weighted by atomic mass is 10.0.